The van der Waals surface area contributed by atoms with Crippen molar-refractivity contribution in [2.75, 3.05) is 0 Å². The third-order valence-electron chi connectivity index (χ3n) is 2.28. The molecule has 0 fully saturated rings. The van der Waals surface area contributed by atoms with Crippen LogP contribution in [0.2, 0.25) is 0 Å². The average molecular weight is 422 g/mol. The van der Waals surface area contributed by atoms with E-state index in [1.54, 1.807) is 0 Å². The zero-order valence-corrected chi connectivity index (χ0v) is 13.2. The van der Waals surface area contributed by atoms with Gasteiger partial charge in [-0.15, -0.1) is 0 Å². The standard InChI is InChI=1S/C12H8N2O4.2ClH.Pd/c15-11(16)7-1-3-13-9(5-7)10-6-8(12(17)18)2-4-14-10;;;/h1-6H,(H,15,16)(H,17,18);2*1H;/q;;;+2/p-2. The number of nitrogens with zero attached hydrogens (tertiary/aromatic N) is 2. The Morgan fingerprint density at radius 1 is 0.810 bits per heavy atom. The molecule has 0 saturated carbocycles. The Morgan fingerprint density at radius 3 is 1.43 bits per heavy atom. The molecule has 0 atom stereocenters. The third kappa shape index (κ3) is 5.40. The van der Waals surface area contributed by atoms with Crippen LogP contribution >= 0.6 is 0 Å². The Bertz CT molecular complexity index is 585. The van der Waals surface area contributed by atoms with Crippen molar-refractivity contribution in [3.63, 3.8) is 0 Å². The second-order valence-corrected chi connectivity index (χ2v) is 3.47. The maximum absolute atomic E-state index is 10.8. The number of aromatic nitrogens is 2. The van der Waals surface area contributed by atoms with E-state index in [1.165, 1.54) is 36.7 Å². The first-order valence-electron chi connectivity index (χ1n) is 4.97. The van der Waals surface area contributed by atoms with E-state index in [1.807, 2.05) is 0 Å². The molecule has 2 aromatic rings. The van der Waals surface area contributed by atoms with Crippen molar-refractivity contribution in [3.8, 4) is 11.4 Å². The van der Waals surface area contributed by atoms with Crippen molar-refractivity contribution < 1.29 is 65.0 Å². The largest absolute Gasteiger partial charge is 2.00 e. The first-order chi connectivity index (χ1) is 8.58. The molecule has 0 spiro atoms. The van der Waals surface area contributed by atoms with Crippen LogP contribution in [0.5, 0.6) is 0 Å². The van der Waals surface area contributed by atoms with Crippen LogP contribution in [0.1, 0.15) is 20.7 Å². The van der Waals surface area contributed by atoms with Crippen LogP contribution in [0.15, 0.2) is 36.7 Å². The fourth-order valence-electron chi connectivity index (χ4n) is 1.41. The predicted octanol–water partition coefficient (Wildman–Crippen LogP) is -4.45. The van der Waals surface area contributed by atoms with E-state index in [2.05, 4.69) is 9.97 Å². The normalized spacial score (nSPS) is 8.57. The topological polar surface area (TPSA) is 100 Å². The number of hydrogen-bond acceptors (Lipinski definition) is 4. The second kappa shape index (κ2) is 9.42. The summed E-state index contributed by atoms with van der Waals surface area (Å²) in [6.45, 7) is 0. The van der Waals surface area contributed by atoms with Crippen LogP contribution < -0.4 is 24.8 Å². The summed E-state index contributed by atoms with van der Waals surface area (Å²) in [5.41, 5.74) is 0.779. The molecule has 2 heterocycles. The number of hydrogen-bond donors (Lipinski definition) is 2. The van der Waals surface area contributed by atoms with Gasteiger partial charge in [0, 0.05) is 12.4 Å². The van der Waals surface area contributed by atoms with Gasteiger partial charge in [0.2, 0.25) is 0 Å². The second-order valence-electron chi connectivity index (χ2n) is 3.47. The molecular formula is C12H8Cl2N2O4Pd. The molecule has 0 unspecified atom stereocenters. The van der Waals surface area contributed by atoms with Crippen molar-refractivity contribution in [1.29, 1.82) is 0 Å². The van der Waals surface area contributed by atoms with E-state index in [-0.39, 0.29) is 56.4 Å². The van der Waals surface area contributed by atoms with Gasteiger partial charge in [-0.05, 0) is 24.3 Å². The van der Waals surface area contributed by atoms with Crippen LogP contribution in [-0.2, 0) is 20.4 Å². The van der Waals surface area contributed by atoms with Crippen LogP contribution in [0, 0.1) is 0 Å². The molecule has 2 rings (SSSR count). The Morgan fingerprint density at radius 2 is 1.14 bits per heavy atom. The van der Waals surface area contributed by atoms with Crippen molar-refractivity contribution in [3.05, 3.63) is 47.8 Å². The van der Waals surface area contributed by atoms with E-state index >= 15 is 0 Å². The van der Waals surface area contributed by atoms with Crippen LogP contribution in [-0.4, -0.2) is 32.1 Å². The van der Waals surface area contributed by atoms with E-state index in [0.29, 0.717) is 11.4 Å². The number of halogens is 2. The summed E-state index contributed by atoms with van der Waals surface area (Å²) >= 11 is 0. The van der Waals surface area contributed by atoms with Gasteiger partial charge in [0.25, 0.3) is 0 Å². The van der Waals surface area contributed by atoms with Crippen molar-refractivity contribution in [2.45, 2.75) is 0 Å². The molecule has 0 bridgehead atoms. The minimum Gasteiger partial charge on any atom is -1.00 e. The summed E-state index contributed by atoms with van der Waals surface area (Å²) in [6, 6.07) is 5.40. The molecule has 0 amide bonds. The van der Waals surface area contributed by atoms with Gasteiger partial charge in [0.05, 0.1) is 22.5 Å². The Balaban J connectivity index is 0. The number of carboxylic acids is 2. The van der Waals surface area contributed by atoms with Crippen LogP contribution in [0.4, 0.5) is 0 Å². The van der Waals surface area contributed by atoms with E-state index in [9.17, 15) is 9.59 Å². The fraction of sp³-hybridized carbons (Fsp3) is 0. The summed E-state index contributed by atoms with van der Waals surface area (Å²) in [6.07, 6.45) is 2.68. The molecular weight excluding hydrogens is 413 g/mol. The smallest absolute Gasteiger partial charge is 1.00 e. The minimum absolute atomic E-state index is 0. The molecule has 2 N–H and O–H groups in total. The van der Waals surface area contributed by atoms with E-state index in [4.69, 9.17) is 10.2 Å². The third-order valence-corrected chi connectivity index (χ3v) is 2.28. The zero-order chi connectivity index (χ0) is 13.1. The summed E-state index contributed by atoms with van der Waals surface area (Å²) in [4.78, 5) is 29.6. The molecule has 0 radical (unpaired) electrons. The first-order valence-corrected chi connectivity index (χ1v) is 4.97. The van der Waals surface area contributed by atoms with Gasteiger partial charge < -0.3 is 35.0 Å². The number of rotatable bonds is 3. The Hall–Kier alpha value is -1.52. The quantitative estimate of drug-likeness (QED) is 0.485. The zero-order valence-electron chi connectivity index (χ0n) is 10.1. The fourth-order valence-corrected chi connectivity index (χ4v) is 1.41. The summed E-state index contributed by atoms with van der Waals surface area (Å²) in [7, 11) is 0. The monoisotopic (exact) mass is 420 g/mol. The van der Waals surface area contributed by atoms with Crippen molar-refractivity contribution >= 4 is 11.9 Å². The maximum atomic E-state index is 10.8. The molecule has 0 aliphatic heterocycles. The Labute approximate surface area is 146 Å². The van der Waals surface area contributed by atoms with Gasteiger partial charge in [0.1, 0.15) is 0 Å². The summed E-state index contributed by atoms with van der Waals surface area (Å²) < 4.78 is 0. The number of carboxylic acid groups (broad SMARTS) is 2. The number of pyridine rings is 2. The molecule has 0 aromatic carbocycles. The average Bonchev–Trinajstić information content (AvgIpc) is 2.39. The molecule has 2 aromatic heterocycles. The van der Waals surface area contributed by atoms with Gasteiger partial charge in [-0.3, -0.25) is 9.97 Å². The van der Waals surface area contributed by atoms with E-state index in [0.717, 1.165) is 0 Å². The van der Waals surface area contributed by atoms with Crippen LogP contribution in [0.3, 0.4) is 0 Å². The SMILES string of the molecule is O=C(O)c1ccnc(-c2cc(C(=O)O)ccn2)c1.[Cl-].[Cl-].[Pd+2]. The maximum Gasteiger partial charge on any atom is 2.00 e. The molecule has 0 aliphatic rings. The molecule has 6 nitrogen and oxygen atoms in total. The number of aromatic carboxylic acids is 2. The molecule has 0 aliphatic carbocycles. The van der Waals surface area contributed by atoms with E-state index < -0.39 is 11.9 Å². The number of carbonyl (C=O) groups is 2. The van der Waals surface area contributed by atoms with Gasteiger partial charge in [0.15, 0.2) is 0 Å². The van der Waals surface area contributed by atoms with Crippen LogP contribution in [0.25, 0.3) is 11.4 Å². The predicted molar refractivity (Wildman–Crippen MR) is 61.4 cm³/mol. The summed E-state index contributed by atoms with van der Waals surface area (Å²) in [5.74, 6) is -2.15. The molecule has 0 saturated heterocycles. The summed E-state index contributed by atoms with van der Waals surface area (Å²) in [5, 5.41) is 17.7. The molecule has 21 heavy (non-hydrogen) atoms. The van der Waals surface area contributed by atoms with Crippen molar-refractivity contribution in [1.82, 2.24) is 9.97 Å². The molecule has 114 valence electrons. The van der Waals surface area contributed by atoms with Gasteiger partial charge >= 0.3 is 32.4 Å². The Kier molecular flexibility index (Phi) is 9.77. The van der Waals surface area contributed by atoms with Gasteiger partial charge in [-0.25, -0.2) is 9.59 Å². The molecule has 9 heteroatoms. The van der Waals surface area contributed by atoms with Crippen molar-refractivity contribution in [2.24, 2.45) is 0 Å². The first kappa shape index (κ1) is 21.8. The van der Waals surface area contributed by atoms with Gasteiger partial charge in [-0.2, -0.15) is 0 Å². The minimum atomic E-state index is -1.08. The van der Waals surface area contributed by atoms with Gasteiger partial charge in [-0.1, -0.05) is 0 Å².